The number of hydrogen-bond donors (Lipinski definition) is 2. The highest BCUT2D eigenvalue weighted by molar-refractivity contribution is 6.02. The van der Waals surface area contributed by atoms with Crippen LogP contribution in [0.2, 0.25) is 0 Å². The Kier molecular flexibility index (Phi) is 4.97. The Bertz CT molecular complexity index is 557. The molecule has 124 valence electrons. The first-order valence-corrected chi connectivity index (χ1v) is 8.66. The molecule has 0 bridgehead atoms. The van der Waals surface area contributed by atoms with Crippen LogP contribution in [0.5, 0.6) is 0 Å². The predicted molar refractivity (Wildman–Crippen MR) is 85.0 cm³/mol. The van der Waals surface area contributed by atoms with E-state index in [1.54, 1.807) is 0 Å². The molecule has 0 radical (unpaired) electrons. The topological polar surface area (TPSA) is 85.2 Å². The van der Waals surface area contributed by atoms with Crippen molar-refractivity contribution in [3.8, 4) is 6.07 Å². The van der Waals surface area contributed by atoms with E-state index in [2.05, 4.69) is 15.5 Å². The number of rotatable bonds is 3. The number of nitrogens with zero attached hydrogens (tertiary/aromatic N) is 2. The number of amides is 1. The molecule has 23 heavy (non-hydrogen) atoms. The first kappa shape index (κ1) is 16.0. The van der Waals surface area contributed by atoms with Gasteiger partial charge in [0.25, 0.3) is 0 Å². The summed E-state index contributed by atoms with van der Waals surface area (Å²) in [6.07, 6.45) is 7.35. The van der Waals surface area contributed by atoms with Crippen LogP contribution in [0, 0.1) is 17.2 Å². The van der Waals surface area contributed by atoms with Gasteiger partial charge in [0.05, 0.1) is 12.5 Å². The van der Waals surface area contributed by atoms with Crippen molar-refractivity contribution in [1.29, 1.82) is 5.26 Å². The molecule has 3 fully saturated rings. The van der Waals surface area contributed by atoms with E-state index in [1.807, 2.05) is 6.07 Å². The number of fused-ring (bicyclic) bond motifs is 1. The molecule has 0 aromatic carbocycles. The van der Waals surface area contributed by atoms with Crippen LogP contribution in [0.25, 0.3) is 0 Å². The Hall–Kier alpha value is -1.87. The first-order chi connectivity index (χ1) is 11.2. The third-order valence-corrected chi connectivity index (χ3v) is 5.14. The summed E-state index contributed by atoms with van der Waals surface area (Å²) < 4.78 is 0. The minimum absolute atomic E-state index is 0.0374. The lowest BCUT2D eigenvalue weighted by molar-refractivity contribution is -0.127. The van der Waals surface area contributed by atoms with Crippen LogP contribution in [0.15, 0.2) is 11.4 Å². The third kappa shape index (κ3) is 3.56. The minimum atomic E-state index is -0.202. The third-order valence-electron chi connectivity index (χ3n) is 5.14. The summed E-state index contributed by atoms with van der Waals surface area (Å²) in [5.74, 6) is 0.0285. The smallest absolute Gasteiger partial charge is 0.230 e. The second kappa shape index (κ2) is 7.14. The molecule has 2 heterocycles. The molecule has 3 rings (SSSR count). The fraction of sp³-hybridized carbons (Fsp3) is 0.706. The Balaban J connectivity index is 1.72. The largest absolute Gasteiger partial charge is 0.367 e. The van der Waals surface area contributed by atoms with E-state index in [4.69, 9.17) is 0 Å². The fourth-order valence-corrected chi connectivity index (χ4v) is 3.85. The zero-order valence-corrected chi connectivity index (χ0v) is 13.4. The van der Waals surface area contributed by atoms with E-state index < -0.39 is 0 Å². The fourth-order valence-electron chi connectivity index (χ4n) is 3.85. The Morgan fingerprint density at radius 2 is 1.91 bits per heavy atom. The first-order valence-electron chi connectivity index (χ1n) is 8.66. The van der Waals surface area contributed by atoms with Crippen molar-refractivity contribution in [2.75, 3.05) is 19.6 Å². The highest BCUT2D eigenvalue weighted by atomic mass is 16.2. The molecule has 2 atom stereocenters. The quantitative estimate of drug-likeness (QED) is 0.600. The molecule has 2 aliphatic heterocycles. The minimum Gasteiger partial charge on any atom is -0.367 e. The van der Waals surface area contributed by atoms with Gasteiger partial charge < -0.3 is 10.6 Å². The van der Waals surface area contributed by atoms with Gasteiger partial charge in [-0.2, -0.15) is 5.26 Å². The molecule has 1 amide bonds. The molecule has 0 spiro atoms. The van der Waals surface area contributed by atoms with Crippen molar-refractivity contribution in [1.82, 2.24) is 15.5 Å². The van der Waals surface area contributed by atoms with E-state index in [0.717, 1.165) is 51.6 Å². The highest BCUT2D eigenvalue weighted by Gasteiger charge is 2.37. The van der Waals surface area contributed by atoms with Crippen LogP contribution in [0.1, 0.15) is 44.9 Å². The summed E-state index contributed by atoms with van der Waals surface area (Å²) in [5, 5.41) is 15.4. The van der Waals surface area contributed by atoms with E-state index in [-0.39, 0.29) is 35.8 Å². The average molecular weight is 316 g/mol. The molecular formula is C17H24N4O2. The van der Waals surface area contributed by atoms with Crippen LogP contribution in [-0.2, 0) is 9.59 Å². The second-order valence-electron chi connectivity index (χ2n) is 6.75. The molecular weight excluding hydrogens is 292 g/mol. The number of nitrogens with one attached hydrogen (secondary N) is 2. The van der Waals surface area contributed by atoms with Crippen LogP contribution < -0.4 is 10.6 Å². The molecule has 2 saturated heterocycles. The van der Waals surface area contributed by atoms with Crippen molar-refractivity contribution >= 4 is 11.7 Å². The number of carbonyl (C=O) groups is 2. The standard InChI is InChI=1S/C17H24N4O2/c18-10-13(15(22)11-21-8-4-1-5-9-21)16-19-14-7-3-2-6-12(14)17(23)20-16/h12,14,19H,1-9,11H2,(H,20,23)/b16-13+. The molecule has 2 unspecified atom stereocenters. The summed E-state index contributed by atoms with van der Waals surface area (Å²) in [6, 6.07) is 2.06. The summed E-state index contributed by atoms with van der Waals surface area (Å²) in [5.41, 5.74) is 0.0629. The van der Waals surface area contributed by atoms with E-state index in [0.29, 0.717) is 5.82 Å². The maximum atomic E-state index is 12.5. The lowest BCUT2D eigenvalue weighted by Gasteiger charge is -2.37. The van der Waals surface area contributed by atoms with Gasteiger partial charge in [-0.3, -0.25) is 14.5 Å². The molecule has 3 aliphatic rings. The van der Waals surface area contributed by atoms with Crippen LogP contribution in [0.3, 0.4) is 0 Å². The zero-order valence-electron chi connectivity index (χ0n) is 13.4. The lowest BCUT2D eigenvalue weighted by Crippen LogP contribution is -2.55. The molecule has 1 aliphatic carbocycles. The van der Waals surface area contributed by atoms with Crippen molar-refractivity contribution < 1.29 is 9.59 Å². The van der Waals surface area contributed by atoms with Gasteiger partial charge in [0.15, 0.2) is 5.78 Å². The number of piperidine rings is 1. The van der Waals surface area contributed by atoms with E-state index >= 15 is 0 Å². The van der Waals surface area contributed by atoms with Gasteiger partial charge in [-0.15, -0.1) is 0 Å². The summed E-state index contributed by atoms with van der Waals surface area (Å²) in [6.45, 7) is 2.08. The molecule has 2 N–H and O–H groups in total. The highest BCUT2D eigenvalue weighted by Crippen LogP contribution is 2.28. The number of nitriles is 1. The summed E-state index contributed by atoms with van der Waals surface area (Å²) in [7, 11) is 0. The van der Waals surface area contributed by atoms with Crippen LogP contribution in [-0.4, -0.2) is 42.3 Å². The monoisotopic (exact) mass is 316 g/mol. The number of likely N-dealkylation sites (tertiary alicyclic amines) is 1. The van der Waals surface area contributed by atoms with Gasteiger partial charge >= 0.3 is 0 Å². The van der Waals surface area contributed by atoms with Crippen molar-refractivity contribution in [3.05, 3.63) is 11.4 Å². The van der Waals surface area contributed by atoms with Gasteiger partial charge in [0.1, 0.15) is 17.5 Å². The normalized spacial score (nSPS) is 30.5. The van der Waals surface area contributed by atoms with Gasteiger partial charge in [0, 0.05) is 6.04 Å². The molecule has 6 nitrogen and oxygen atoms in total. The van der Waals surface area contributed by atoms with E-state index in [1.165, 1.54) is 6.42 Å². The number of Topliss-reactive ketones (excluding diaryl/α,β-unsaturated/α-hetero) is 1. The number of ketones is 1. The molecule has 0 aromatic rings. The SMILES string of the molecule is N#C/C(C(=O)CN1CCCCC1)=C1\NC(=O)C2CCCCC2N1. The Morgan fingerprint density at radius 1 is 1.17 bits per heavy atom. The van der Waals surface area contributed by atoms with Crippen LogP contribution >= 0.6 is 0 Å². The van der Waals surface area contributed by atoms with Crippen molar-refractivity contribution in [3.63, 3.8) is 0 Å². The number of carbonyl (C=O) groups excluding carboxylic acids is 2. The number of hydrogen-bond acceptors (Lipinski definition) is 5. The second-order valence-corrected chi connectivity index (χ2v) is 6.75. The van der Waals surface area contributed by atoms with Crippen molar-refractivity contribution in [2.24, 2.45) is 5.92 Å². The maximum Gasteiger partial charge on any atom is 0.230 e. The molecule has 6 heteroatoms. The Labute approximate surface area is 136 Å². The van der Waals surface area contributed by atoms with Gasteiger partial charge in [-0.05, 0) is 38.8 Å². The maximum absolute atomic E-state index is 12.5. The van der Waals surface area contributed by atoms with Crippen molar-refractivity contribution in [2.45, 2.75) is 51.0 Å². The predicted octanol–water partition coefficient (Wildman–Crippen LogP) is 1.05. The zero-order chi connectivity index (χ0) is 16.2. The van der Waals surface area contributed by atoms with Crippen LogP contribution in [0.4, 0.5) is 0 Å². The van der Waals surface area contributed by atoms with Gasteiger partial charge in [-0.25, -0.2) is 0 Å². The Morgan fingerprint density at radius 3 is 2.65 bits per heavy atom. The molecule has 0 aromatic heterocycles. The van der Waals surface area contributed by atoms with Gasteiger partial charge in [0.2, 0.25) is 5.91 Å². The lowest BCUT2D eigenvalue weighted by atomic mass is 9.82. The average Bonchev–Trinajstić information content (AvgIpc) is 2.56. The van der Waals surface area contributed by atoms with Gasteiger partial charge in [-0.1, -0.05) is 19.3 Å². The summed E-state index contributed by atoms with van der Waals surface area (Å²) in [4.78, 5) is 26.8. The molecule has 1 saturated carbocycles. The van der Waals surface area contributed by atoms with E-state index in [9.17, 15) is 14.9 Å². The summed E-state index contributed by atoms with van der Waals surface area (Å²) >= 11 is 0.